The van der Waals surface area contributed by atoms with Crippen molar-refractivity contribution in [2.75, 3.05) is 39.5 Å². The number of aryl methyl sites for hydroxylation is 2. The summed E-state index contributed by atoms with van der Waals surface area (Å²) >= 11 is 0. The fourth-order valence-corrected chi connectivity index (χ4v) is 2.93. The van der Waals surface area contributed by atoms with Crippen LogP contribution in [0.3, 0.4) is 0 Å². The lowest BCUT2D eigenvalue weighted by Crippen LogP contribution is -2.38. The Kier molecular flexibility index (Phi) is 11.9. The molecule has 0 saturated carbocycles. The summed E-state index contributed by atoms with van der Waals surface area (Å²) in [7, 11) is 0. The fraction of sp³-hybridized carbons (Fsp3) is 0.650. The van der Waals surface area contributed by atoms with Crippen molar-refractivity contribution in [1.29, 1.82) is 0 Å². The van der Waals surface area contributed by atoms with Gasteiger partial charge in [-0.05, 0) is 51.2 Å². The first-order valence-corrected chi connectivity index (χ1v) is 9.46. The molecule has 1 saturated heterocycles. The second kappa shape index (κ2) is 13.3. The summed E-state index contributed by atoms with van der Waals surface area (Å²) in [6, 6.07) is 6.64. The molecule has 148 valence electrons. The van der Waals surface area contributed by atoms with Crippen molar-refractivity contribution in [2.45, 2.75) is 46.1 Å². The number of aliphatic imine (C=N–C) groups is 1. The van der Waals surface area contributed by atoms with Gasteiger partial charge < -0.3 is 20.1 Å². The SMILES string of the molecule is CCNC(=NCCCOC1CCOC1)NCCc1ccc(C)cc1C.I. The Morgan fingerprint density at radius 3 is 2.85 bits per heavy atom. The standard InChI is InChI=1S/C20H33N3O2.HI/c1-4-21-20(22-10-5-12-25-19-9-13-24-15-19)23-11-8-18-7-6-16(2)14-17(18)3;/h6-7,14,19H,4-5,8-13,15H2,1-3H3,(H2,21,22,23);1H. The van der Waals surface area contributed by atoms with Gasteiger partial charge in [0.25, 0.3) is 0 Å². The summed E-state index contributed by atoms with van der Waals surface area (Å²) in [5.74, 6) is 0.886. The number of hydrogen-bond donors (Lipinski definition) is 2. The van der Waals surface area contributed by atoms with Crippen molar-refractivity contribution >= 4 is 29.9 Å². The molecule has 1 atom stereocenters. The molecule has 5 nitrogen and oxygen atoms in total. The second-order valence-electron chi connectivity index (χ2n) is 6.58. The van der Waals surface area contributed by atoms with Gasteiger partial charge in [-0.15, -0.1) is 24.0 Å². The van der Waals surface area contributed by atoms with Gasteiger partial charge >= 0.3 is 0 Å². The molecule has 0 radical (unpaired) electrons. The van der Waals surface area contributed by atoms with Gasteiger partial charge in [0.05, 0.1) is 12.7 Å². The Bertz CT molecular complexity index is 546. The molecule has 2 rings (SSSR count). The smallest absolute Gasteiger partial charge is 0.191 e. The van der Waals surface area contributed by atoms with E-state index in [1.54, 1.807) is 0 Å². The molecule has 26 heavy (non-hydrogen) atoms. The van der Waals surface area contributed by atoms with E-state index in [4.69, 9.17) is 9.47 Å². The van der Waals surface area contributed by atoms with E-state index >= 15 is 0 Å². The normalized spacial score (nSPS) is 17.0. The molecule has 2 N–H and O–H groups in total. The zero-order valence-corrected chi connectivity index (χ0v) is 18.7. The Labute approximate surface area is 175 Å². The third kappa shape index (κ3) is 8.68. The highest BCUT2D eigenvalue weighted by molar-refractivity contribution is 14.0. The van der Waals surface area contributed by atoms with Crippen LogP contribution in [0.25, 0.3) is 0 Å². The van der Waals surface area contributed by atoms with E-state index in [1.165, 1.54) is 16.7 Å². The summed E-state index contributed by atoms with van der Waals surface area (Å²) in [5, 5.41) is 6.72. The third-order valence-corrected chi connectivity index (χ3v) is 4.34. The predicted molar refractivity (Wildman–Crippen MR) is 119 cm³/mol. The molecule has 0 aromatic heterocycles. The van der Waals surface area contributed by atoms with Crippen LogP contribution in [-0.4, -0.2) is 51.5 Å². The quantitative estimate of drug-likeness (QED) is 0.249. The van der Waals surface area contributed by atoms with Crippen LogP contribution in [0.1, 0.15) is 36.5 Å². The van der Waals surface area contributed by atoms with Gasteiger partial charge in [-0.25, -0.2) is 0 Å². The maximum absolute atomic E-state index is 5.77. The first-order chi connectivity index (χ1) is 12.2. The highest BCUT2D eigenvalue weighted by Crippen LogP contribution is 2.10. The lowest BCUT2D eigenvalue weighted by atomic mass is 10.0. The first kappa shape index (κ1) is 23.2. The van der Waals surface area contributed by atoms with Crippen LogP contribution in [0.4, 0.5) is 0 Å². The minimum Gasteiger partial charge on any atom is -0.379 e. The van der Waals surface area contributed by atoms with Crippen LogP contribution in [-0.2, 0) is 15.9 Å². The summed E-state index contributed by atoms with van der Waals surface area (Å²) in [6.45, 7) is 11.2. The summed E-state index contributed by atoms with van der Waals surface area (Å²) < 4.78 is 11.1. The van der Waals surface area contributed by atoms with Crippen molar-refractivity contribution in [1.82, 2.24) is 10.6 Å². The van der Waals surface area contributed by atoms with E-state index in [0.29, 0.717) is 0 Å². The Hall–Kier alpha value is -0.860. The van der Waals surface area contributed by atoms with Gasteiger partial charge in [0.1, 0.15) is 0 Å². The molecule has 0 bridgehead atoms. The lowest BCUT2D eigenvalue weighted by molar-refractivity contribution is 0.0424. The van der Waals surface area contributed by atoms with Crippen molar-refractivity contribution in [3.05, 3.63) is 34.9 Å². The number of rotatable bonds is 9. The molecular weight excluding hydrogens is 441 g/mol. The fourth-order valence-electron chi connectivity index (χ4n) is 2.93. The second-order valence-corrected chi connectivity index (χ2v) is 6.58. The monoisotopic (exact) mass is 475 g/mol. The zero-order chi connectivity index (χ0) is 17.9. The number of nitrogens with one attached hydrogen (secondary N) is 2. The number of hydrogen-bond acceptors (Lipinski definition) is 3. The maximum atomic E-state index is 5.77. The minimum atomic E-state index is 0. The molecule has 1 fully saturated rings. The van der Waals surface area contributed by atoms with E-state index < -0.39 is 0 Å². The molecule has 0 amide bonds. The average Bonchev–Trinajstić information content (AvgIpc) is 3.10. The van der Waals surface area contributed by atoms with Crippen LogP contribution in [0.15, 0.2) is 23.2 Å². The van der Waals surface area contributed by atoms with E-state index in [1.807, 2.05) is 0 Å². The van der Waals surface area contributed by atoms with Crippen LogP contribution < -0.4 is 10.6 Å². The van der Waals surface area contributed by atoms with Crippen molar-refractivity contribution in [2.24, 2.45) is 4.99 Å². The molecule has 1 unspecified atom stereocenters. The van der Waals surface area contributed by atoms with Crippen LogP contribution in [0, 0.1) is 13.8 Å². The maximum Gasteiger partial charge on any atom is 0.191 e. The van der Waals surface area contributed by atoms with E-state index in [2.05, 4.69) is 54.6 Å². The van der Waals surface area contributed by atoms with Gasteiger partial charge in [0.2, 0.25) is 0 Å². The Morgan fingerprint density at radius 1 is 1.31 bits per heavy atom. The molecule has 1 aliphatic rings. The number of ether oxygens (including phenoxy) is 2. The van der Waals surface area contributed by atoms with Gasteiger partial charge in [-0.1, -0.05) is 23.8 Å². The predicted octanol–water partition coefficient (Wildman–Crippen LogP) is 3.21. The molecule has 1 aromatic rings. The van der Waals surface area contributed by atoms with Crippen LogP contribution in [0.2, 0.25) is 0 Å². The molecule has 1 heterocycles. The van der Waals surface area contributed by atoms with E-state index in [-0.39, 0.29) is 30.1 Å². The number of guanidine groups is 1. The van der Waals surface area contributed by atoms with Crippen LogP contribution in [0.5, 0.6) is 0 Å². The van der Waals surface area contributed by atoms with Crippen molar-refractivity contribution < 1.29 is 9.47 Å². The Balaban J connectivity index is 0.00000338. The minimum absolute atomic E-state index is 0. The summed E-state index contributed by atoms with van der Waals surface area (Å²) in [5.41, 5.74) is 4.06. The molecular formula is C20H34IN3O2. The largest absolute Gasteiger partial charge is 0.379 e. The number of halogens is 1. The highest BCUT2D eigenvalue weighted by Gasteiger charge is 2.15. The van der Waals surface area contributed by atoms with Gasteiger partial charge in [0.15, 0.2) is 5.96 Å². The topological polar surface area (TPSA) is 54.9 Å². The van der Waals surface area contributed by atoms with Crippen molar-refractivity contribution in [3.63, 3.8) is 0 Å². The van der Waals surface area contributed by atoms with E-state index in [0.717, 1.165) is 64.7 Å². The molecule has 1 aromatic carbocycles. The number of nitrogens with zero attached hydrogens (tertiary/aromatic N) is 1. The third-order valence-electron chi connectivity index (χ3n) is 4.34. The number of benzene rings is 1. The molecule has 0 spiro atoms. The molecule has 6 heteroatoms. The summed E-state index contributed by atoms with van der Waals surface area (Å²) in [6.07, 6.45) is 3.24. The molecule has 0 aliphatic carbocycles. The van der Waals surface area contributed by atoms with Crippen molar-refractivity contribution in [3.8, 4) is 0 Å². The molecule has 1 aliphatic heterocycles. The van der Waals surface area contributed by atoms with E-state index in [9.17, 15) is 0 Å². The van der Waals surface area contributed by atoms with Gasteiger partial charge in [-0.3, -0.25) is 4.99 Å². The lowest BCUT2D eigenvalue weighted by Gasteiger charge is -2.13. The highest BCUT2D eigenvalue weighted by atomic mass is 127. The van der Waals surface area contributed by atoms with Gasteiger partial charge in [0, 0.05) is 32.8 Å². The Morgan fingerprint density at radius 2 is 2.15 bits per heavy atom. The first-order valence-electron chi connectivity index (χ1n) is 9.46. The van der Waals surface area contributed by atoms with Gasteiger partial charge in [-0.2, -0.15) is 0 Å². The summed E-state index contributed by atoms with van der Waals surface area (Å²) in [4.78, 5) is 4.63. The van der Waals surface area contributed by atoms with Crippen LogP contribution >= 0.6 is 24.0 Å². The zero-order valence-electron chi connectivity index (χ0n) is 16.3. The average molecular weight is 475 g/mol.